The number of aliphatic hydroxyl groups excluding tert-OH is 1. The number of aromatic nitrogens is 3. The third-order valence-corrected chi connectivity index (χ3v) is 4.14. The highest BCUT2D eigenvalue weighted by Gasteiger charge is 2.20. The van der Waals surface area contributed by atoms with Crippen LogP contribution >= 0.6 is 0 Å². The molecule has 19 heavy (non-hydrogen) atoms. The van der Waals surface area contributed by atoms with Gasteiger partial charge in [-0.3, -0.25) is 5.10 Å². The van der Waals surface area contributed by atoms with Gasteiger partial charge in [-0.1, -0.05) is 31.2 Å². The number of nitrogens with one attached hydrogen (secondary N) is 1. The minimum atomic E-state index is -3.54. The zero-order chi connectivity index (χ0) is 13.9. The Hall–Kier alpha value is -1.73. The summed E-state index contributed by atoms with van der Waals surface area (Å²) in [6.07, 6.45) is 0.605. The van der Waals surface area contributed by atoms with Crippen molar-refractivity contribution in [3.63, 3.8) is 0 Å². The molecule has 7 heteroatoms. The summed E-state index contributed by atoms with van der Waals surface area (Å²) in [6.45, 7) is 1.80. The van der Waals surface area contributed by atoms with Gasteiger partial charge < -0.3 is 5.11 Å². The van der Waals surface area contributed by atoms with E-state index < -0.39 is 9.84 Å². The van der Waals surface area contributed by atoms with Gasteiger partial charge in [-0.2, -0.15) is 0 Å². The zero-order valence-corrected chi connectivity index (χ0v) is 11.3. The van der Waals surface area contributed by atoms with E-state index in [0.717, 1.165) is 5.56 Å². The Morgan fingerprint density at radius 1 is 1.21 bits per heavy atom. The first-order valence-corrected chi connectivity index (χ1v) is 7.53. The van der Waals surface area contributed by atoms with Gasteiger partial charge in [0.05, 0.1) is 12.4 Å². The molecule has 0 aliphatic carbocycles. The molecule has 2 aromatic rings. The fourth-order valence-corrected chi connectivity index (χ4v) is 2.79. The predicted molar refractivity (Wildman–Crippen MR) is 69.0 cm³/mol. The highest BCUT2D eigenvalue weighted by atomic mass is 32.2. The van der Waals surface area contributed by atoms with Gasteiger partial charge in [0.1, 0.15) is 5.82 Å². The molecule has 6 nitrogen and oxygen atoms in total. The molecule has 0 aliphatic rings. The Morgan fingerprint density at radius 2 is 1.84 bits per heavy atom. The molecule has 0 spiro atoms. The van der Waals surface area contributed by atoms with Crippen molar-refractivity contribution in [3.8, 4) is 0 Å². The second kappa shape index (κ2) is 5.50. The summed E-state index contributed by atoms with van der Waals surface area (Å²) in [7, 11) is -3.54. The number of hydrogen-bond acceptors (Lipinski definition) is 5. The first kappa shape index (κ1) is 13.7. The van der Waals surface area contributed by atoms with Crippen molar-refractivity contribution < 1.29 is 13.5 Å². The number of aryl methyl sites for hydroxylation is 1. The summed E-state index contributed by atoms with van der Waals surface area (Å²) >= 11 is 0. The Balaban J connectivity index is 2.20. The van der Waals surface area contributed by atoms with Gasteiger partial charge in [0.25, 0.3) is 5.16 Å². The van der Waals surface area contributed by atoms with Gasteiger partial charge in [-0.25, -0.2) is 13.4 Å². The number of aromatic amines is 1. The largest absolute Gasteiger partial charge is 0.392 e. The SMILES string of the molecule is CCc1nc(S(=O)(=O)Cc2ccc(CO)cc2)n[nH]1. The molecule has 102 valence electrons. The van der Waals surface area contributed by atoms with Gasteiger partial charge in [-0.15, -0.1) is 5.10 Å². The highest BCUT2D eigenvalue weighted by molar-refractivity contribution is 7.90. The van der Waals surface area contributed by atoms with E-state index in [-0.39, 0.29) is 17.5 Å². The molecular formula is C12H15N3O3S. The van der Waals surface area contributed by atoms with Crippen LogP contribution in [0.15, 0.2) is 29.4 Å². The molecular weight excluding hydrogens is 266 g/mol. The first-order chi connectivity index (χ1) is 9.05. The van der Waals surface area contributed by atoms with Crippen LogP contribution in [0.3, 0.4) is 0 Å². The van der Waals surface area contributed by atoms with Crippen molar-refractivity contribution in [1.29, 1.82) is 0 Å². The molecule has 2 N–H and O–H groups in total. The smallest absolute Gasteiger partial charge is 0.267 e. The van der Waals surface area contributed by atoms with E-state index in [4.69, 9.17) is 5.11 Å². The number of H-pyrrole nitrogens is 1. The van der Waals surface area contributed by atoms with Crippen LogP contribution in [0.2, 0.25) is 0 Å². The lowest BCUT2D eigenvalue weighted by Gasteiger charge is -2.02. The predicted octanol–water partition coefficient (Wildman–Crippen LogP) is 0.833. The van der Waals surface area contributed by atoms with Gasteiger partial charge in [0, 0.05) is 6.42 Å². The van der Waals surface area contributed by atoms with Gasteiger partial charge in [0.15, 0.2) is 0 Å². The molecule has 1 aromatic heterocycles. The van der Waals surface area contributed by atoms with Crippen molar-refractivity contribution in [2.45, 2.75) is 30.9 Å². The zero-order valence-electron chi connectivity index (χ0n) is 10.5. The monoisotopic (exact) mass is 281 g/mol. The second-order valence-corrected chi connectivity index (χ2v) is 6.04. The van der Waals surface area contributed by atoms with Crippen LogP contribution in [0, 0.1) is 0 Å². The minimum Gasteiger partial charge on any atom is -0.392 e. The molecule has 1 heterocycles. The fourth-order valence-electron chi connectivity index (χ4n) is 1.60. The first-order valence-electron chi connectivity index (χ1n) is 5.88. The number of hydrogen-bond donors (Lipinski definition) is 2. The Bertz CT molecular complexity index is 647. The standard InChI is InChI=1S/C12H15N3O3S/c1-2-11-13-12(15-14-11)19(17,18)8-10-5-3-9(7-16)4-6-10/h3-6,16H,2,7-8H2,1H3,(H,13,14,15). The summed E-state index contributed by atoms with van der Waals surface area (Å²) in [5.74, 6) is 0.397. The molecule has 2 rings (SSSR count). The molecule has 0 bridgehead atoms. The topological polar surface area (TPSA) is 95.9 Å². The summed E-state index contributed by atoms with van der Waals surface area (Å²) in [5.41, 5.74) is 1.38. The molecule has 1 aromatic carbocycles. The summed E-state index contributed by atoms with van der Waals surface area (Å²) in [4.78, 5) is 3.94. The number of benzene rings is 1. The lowest BCUT2D eigenvalue weighted by atomic mass is 10.2. The average molecular weight is 281 g/mol. The van der Waals surface area contributed by atoms with Crippen LogP contribution in [0.1, 0.15) is 23.9 Å². The second-order valence-electron chi connectivity index (χ2n) is 4.15. The van der Waals surface area contributed by atoms with Crippen molar-refractivity contribution in [2.75, 3.05) is 0 Å². The van der Waals surface area contributed by atoms with Crippen LogP contribution in [-0.4, -0.2) is 28.7 Å². The van der Waals surface area contributed by atoms with E-state index in [0.29, 0.717) is 17.8 Å². The quantitative estimate of drug-likeness (QED) is 0.846. The summed E-state index contributed by atoms with van der Waals surface area (Å²) < 4.78 is 24.2. The Labute approximate surface area is 111 Å². The summed E-state index contributed by atoms with van der Waals surface area (Å²) in [6, 6.07) is 6.74. The van der Waals surface area contributed by atoms with Crippen molar-refractivity contribution in [1.82, 2.24) is 15.2 Å². The molecule has 0 radical (unpaired) electrons. The average Bonchev–Trinajstić information content (AvgIpc) is 2.89. The molecule has 0 fully saturated rings. The molecule has 0 saturated carbocycles. The third kappa shape index (κ3) is 3.18. The van der Waals surface area contributed by atoms with Crippen LogP contribution < -0.4 is 0 Å². The normalized spacial score (nSPS) is 11.7. The minimum absolute atomic E-state index is 0.0617. The van der Waals surface area contributed by atoms with Crippen LogP contribution in [0.25, 0.3) is 0 Å². The Morgan fingerprint density at radius 3 is 2.37 bits per heavy atom. The maximum Gasteiger partial charge on any atom is 0.267 e. The fraction of sp³-hybridized carbons (Fsp3) is 0.333. The van der Waals surface area contributed by atoms with Crippen LogP contribution in [0.4, 0.5) is 0 Å². The number of aliphatic hydroxyl groups is 1. The molecule has 0 amide bonds. The van der Waals surface area contributed by atoms with Crippen LogP contribution in [-0.2, 0) is 28.6 Å². The molecule has 0 atom stereocenters. The van der Waals surface area contributed by atoms with E-state index in [2.05, 4.69) is 15.2 Å². The van der Waals surface area contributed by atoms with E-state index in [9.17, 15) is 8.42 Å². The lowest BCUT2D eigenvalue weighted by Crippen LogP contribution is -2.07. The summed E-state index contributed by atoms with van der Waals surface area (Å²) in [5, 5.41) is 15.1. The maximum atomic E-state index is 12.1. The van der Waals surface area contributed by atoms with Gasteiger partial charge in [-0.05, 0) is 11.1 Å². The third-order valence-electron chi connectivity index (χ3n) is 2.69. The van der Waals surface area contributed by atoms with Crippen molar-refractivity contribution in [2.24, 2.45) is 0 Å². The Kier molecular flexibility index (Phi) is 3.96. The van der Waals surface area contributed by atoms with E-state index in [1.54, 1.807) is 24.3 Å². The molecule has 0 unspecified atom stereocenters. The van der Waals surface area contributed by atoms with E-state index in [1.807, 2.05) is 6.92 Å². The lowest BCUT2D eigenvalue weighted by molar-refractivity contribution is 0.282. The van der Waals surface area contributed by atoms with Crippen molar-refractivity contribution >= 4 is 9.84 Å². The number of rotatable bonds is 5. The van der Waals surface area contributed by atoms with Gasteiger partial charge in [0.2, 0.25) is 9.84 Å². The highest BCUT2D eigenvalue weighted by Crippen LogP contribution is 2.13. The van der Waals surface area contributed by atoms with Gasteiger partial charge >= 0.3 is 0 Å². The van der Waals surface area contributed by atoms with E-state index in [1.165, 1.54) is 0 Å². The van der Waals surface area contributed by atoms with Crippen LogP contribution in [0.5, 0.6) is 0 Å². The molecule has 0 saturated heterocycles. The number of nitrogens with zero attached hydrogens (tertiary/aromatic N) is 2. The van der Waals surface area contributed by atoms with E-state index >= 15 is 0 Å². The molecule has 0 aliphatic heterocycles. The van der Waals surface area contributed by atoms with Crippen molar-refractivity contribution in [3.05, 3.63) is 41.2 Å². The maximum absolute atomic E-state index is 12.1. The number of sulfone groups is 1.